The molecule has 1 N–H and O–H groups in total. The van der Waals surface area contributed by atoms with Crippen LogP contribution in [0.5, 0.6) is 5.75 Å². The van der Waals surface area contributed by atoms with Crippen LogP contribution >= 0.6 is 0 Å². The van der Waals surface area contributed by atoms with Crippen molar-refractivity contribution in [2.45, 2.75) is 49.8 Å². The van der Waals surface area contributed by atoms with Gasteiger partial charge in [-0.3, -0.25) is 4.79 Å². The highest BCUT2D eigenvalue weighted by molar-refractivity contribution is 7.89. The van der Waals surface area contributed by atoms with Crippen LogP contribution in [-0.4, -0.2) is 45.4 Å². The number of carbonyl (C=O) groups excluding carboxylic acids is 1. The molecule has 0 atom stereocenters. The van der Waals surface area contributed by atoms with Crippen molar-refractivity contribution in [3.05, 3.63) is 59.2 Å². The first-order valence-electron chi connectivity index (χ1n) is 11.5. The first kappa shape index (κ1) is 22.8. The molecule has 6 nitrogen and oxygen atoms in total. The number of methoxy groups -OCH3 is 1. The lowest BCUT2D eigenvalue weighted by Crippen LogP contribution is -2.43. The van der Waals surface area contributed by atoms with Gasteiger partial charge in [0.1, 0.15) is 5.75 Å². The molecule has 2 aromatic rings. The minimum absolute atomic E-state index is 0.0179. The number of rotatable bonds is 7. The summed E-state index contributed by atoms with van der Waals surface area (Å²) in [5, 5.41) is 3.01. The maximum absolute atomic E-state index is 13.1. The van der Waals surface area contributed by atoms with Gasteiger partial charge in [0, 0.05) is 25.6 Å². The second-order valence-electron chi connectivity index (χ2n) is 8.71. The van der Waals surface area contributed by atoms with E-state index in [0.717, 1.165) is 37.0 Å². The monoisotopic (exact) mass is 456 g/mol. The van der Waals surface area contributed by atoms with Crippen LogP contribution in [0, 0.1) is 5.92 Å². The number of nitrogens with one attached hydrogen (secondary N) is 1. The van der Waals surface area contributed by atoms with Gasteiger partial charge in [0.25, 0.3) is 0 Å². The van der Waals surface area contributed by atoms with Gasteiger partial charge in [-0.05, 0) is 85.9 Å². The van der Waals surface area contributed by atoms with Crippen molar-refractivity contribution in [1.82, 2.24) is 9.62 Å². The number of amides is 1. The Bertz CT molecular complexity index is 1040. The van der Waals surface area contributed by atoms with E-state index in [1.54, 1.807) is 17.5 Å². The van der Waals surface area contributed by atoms with Crippen molar-refractivity contribution >= 4 is 15.9 Å². The highest BCUT2D eigenvalue weighted by Crippen LogP contribution is 2.28. The van der Waals surface area contributed by atoms with Crippen LogP contribution in [-0.2, 0) is 34.1 Å². The average molecular weight is 457 g/mol. The number of ether oxygens (including phenoxy) is 1. The Labute approximate surface area is 191 Å². The Balaban J connectivity index is 1.27. The number of aryl methyl sites for hydroxylation is 2. The van der Waals surface area contributed by atoms with Crippen molar-refractivity contribution in [3.63, 3.8) is 0 Å². The molecule has 0 unspecified atom stereocenters. The lowest BCUT2D eigenvalue weighted by atomic mass is 9.92. The van der Waals surface area contributed by atoms with Gasteiger partial charge in [0.05, 0.1) is 12.0 Å². The highest BCUT2D eigenvalue weighted by Gasteiger charge is 2.32. The lowest BCUT2D eigenvalue weighted by molar-refractivity contribution is -0.126. The van der Waals surface area contributed by atoms with Gasteiger partial charge in [-0.15, -0.1) is 0 Å². The first-order chi connectivity index (χ1) is 15.5. The zero-order valence-electron chi connectivity index (χ0n) is 18.7. The molecule has 172 valence electrons. The number of fused-ring (bicyclic) bond motifs is 1. The van der Waals surface area contributed by atoms with Gasteiger partial charge in [-0.25, -0.2) is 8.42 Å². The van der Waals surface area contributed by atoms with Crippen LogP contribution in [0.1, 0.15) is 42.4 Å². The summed E-state index contributed by atoms with van der Waals surface area (Å²) in [6.07, 6.45) is 6.15. The Kier molecular flexibility index (Phi) is 7.16. The summed E-state index contributed by atoms with van der Waals surface area (Å²) in [6.45, 7) is 1.34. The molecule has 0 spiro atoms. The van der Waals surface area contributed by atoms with Crippen LogP contribution in [0.25, 0.3) is 0 Å². The molecule has 0 aromatic heterocycles. The quantitative estimate of drug-likeness (QED) is 0.693. The summed E-state index contributed by atoms with van der Waals surface area (Å²) >= 11 is 0. The molecular weight excluding hydrogens is 424 g/mol. The normalized spacial score (nSPS) is 17.5. The molecule has 1 saturated heterocycles. The van der Waals surface area contributed by atoms with Gasteiger partial charge in [0.2, 0.25) is 15.9 Å². The van der Waals surface area contributed by atoms with Crippen LogP contribution in [0.15, 0.2) is 47.4 Å². The van der Waals surface area contributed by atoms with E-state index in [0.29, 0.717) is 37.4 Å². The van der Waals surface area contributed by atoms with Crippen molar-refractivity contribution in [3.8, 4) is 5.75 Å². The molecule has 1 fully saturated rings. The predicted octanol–water partition coefficient (Wildman–Crippen LogP) is 3.33. The fourth-order valence-corrected chi connectivity index (χ4v) is 6.17. The standard InChI is InChI=1S/C25H32N2O4S/c1-31-23-9-6-19(7-10-23)12-15-26-25(28)21-13-16-27(17-14-21)32(29,30)24-11-8-20-4-2-3-5-22(20)18-24/h6-11,18,21H,2-5,12-17H2,1H3,(H,26,28). The minimum atomic E-state index is -3.51. The Morgan fingerprint density at radius 2 is 1.72 bits per heavy atom. The molecular formula is C25H32N2O4S. The van der Waals surface area contributed by atoms with Crippen molar-refractivity contribution in [2.75, 3.05) is 26.7 Å². The molecule has 2 aliphatic rings. The number of nitrogens with zero attached hydrogens (tertiary/aromatic N) is 1. The maximum atomic E-state index is 13.1. The summed E-state index contributed by atoms with van der Waals surface area (Å²) in [6, 6.07) is 13.4. The zero-order chi connectivity index (χ0) is 22.6. The molecule has 1 aliphatic carbocycles. The third-order valence-corrected chi connectivity index (χ3v) is 8.55. The fraction of sp³-hybridized carbons (Fsp3) is 0.480. The Morgan fingerprint density at radius 3 is 2.41 bits per heavy atom. The summed E-state index contributed by atoms with van der Waals surface area (Å²) < 4.78 is 33.0. The van der Waals surface area contributed by atoms with Gasteiger partial charge < -0.3 is 10.1 Å². The summed E-state index contributed by atoms with van der Waals surface area (Å²) in [4.78, 5) is 13.0. The smallest absolute Gasteiger partial charge is 0.243 e. The van der Waals surface area contributed by atoms with E-state index in [1.807, 2.05) is 36.4 Å². The van der Waals surface area contributed by atoms with Crippen LogP contribution in [0.3, 0.4) is 0 Å². The van der Waals surface area contributed by atoms with E-state index in [-0.39, 0.29) is 11.8 Å². The topological polar surface area (TPSA) is 75.7 Å². The molecule has 1 aliphatic heterocycles. The second-order valence-corrected chi connectivity index (χ2v) is 10.6. The first-order valence-corrected chi connectivity index (χ1v) is 12.9. The van der Waals surface area contributed by atoms with Gasteiger partial charge in [-0.1, -0.05) is 18.2 Å². The lowest BCUT2D eigenvalue weighted by Gasteiger charge is -2.31. The molecule has 1 heterocycles. The third kappa shape index (κ3) is 5.15. The van der Waals surface area contributed by atoms with Gasteiger partial charge >= 0.3 is 0 Å². The van der Waals surface area contributed by atoms with Crippen LogP contribution in [0.2, 0.25) is 0 Å². The van der Waals surface area contributed by atoms with E-state index in [4.69, 9.17) is 4.74 Å². The Morgan fingerprint density at radius 1 is 1.03 bits per heavy atom. The molecule has 0 bridgehead atoms. The number of hydrogen-bond donors (Lipinski definition) is 1. The van der Waals surface area contributed by atoms with Crippen molar-refractivity contribution in [2.24, 2.45) is 5.92 Å². The predicted molar refractivity (Wildman–Crippen MR) is 124 cm³/mol. The number of sulfonamides is 1. The van der Waals surface area contributed by atoms with Gasteiger partial charge in [0.15, 0.2) is 0 Å². The molecule has 2 aromatic carbocycles. The Hall–Kier alpha value is -2.38. The number of benzene rings is 2. The minimum Gasteiger partial charge on any atom is -0.497 e. The second kappa shape index (κ2) is 10.0. The molecule has 0 saturated carbocycles. The summed E-state index contributed by atoms with van der Waals surface area (Å²) in [7, 11) is -1.87. The summed E-state index contributed by atoms with van der Waals surface area (Å²) in [5.41, 5.74) is 3.58. The number of carbonyl (C=O) groups is 1. The van der Waals surface area contributed by atoms with E-state index in [1.165, 1.54) is 17.5 Å². The van der Waals surface area contributed by atoms with Crippen molar-refractivity contribution in [1.29, 1.82) is 0 Å². The average Bonchev–Trinajstić information content (AvgIpc) is 2.84. The molecule has 0 radical (unpaired) electrons. The molecule has 32 heavy (non-hydrogen) atoms. The maximum Gasteiger partial charge on any atom is 0.243 e. The largest absolute Gasteiger partial charge is 0.497 e. The molecule has 1 amide bonds. The van der Waals surface area contributed by atoms with Crippen LogP contribution < -0.4 is 10.1 Å². The van der Waals surface area contributed by atoms with E-state index in [9.17, 15) is 13.2 Å². The van der Waals surface area contributed by atoms with E-state index >= 15 is 0 Å². The number of hydrogen-bond acceptors (Lipinski definition) is 4. The fourth-order valence-electron chi connectivity index (χ4n) is 4.64. The number of piperidine rings is 1. The SMILES string of the molecule is COc1ccc(CCNC(=O)C2CCN(S(=O)(=O)c3ccc4c(c3)CCCC4)CC2)cc1. The van der Waals surface area contributed by atoms with Gasteiger partial charge in [-0.2, -0.15) is 4.31 Å². The summed E-state index contributed by atoms with van der Waals surface area (Å²) in [5.74, 6) is 0.695. The molecule has 7 heteroatoms. The van der Waals surface area contributed by atoms with E-state index in [2.05, 4.69) is 5.32 Å². The highest BCUT2D eigenvalue weighted by atomic mass is 32.2. The molecule has 4 rings (SSSR count). The van der Waals surface area contributed by atoms with Crippen LogP contribution in [0.4, 0.5) is 0 Å². The third-order valence-electron chi connectivity index (χ3n) is 6.65. The van der Waals surface area contributed by atoms with Crippen molar-refractivity contribution < 1.29 is 17.9 Å². The van der Waals surface area contributed by atoms with E-state index < -0.39 is 10.0 Å². The zero-order valence-corrected chi connectivity index (χ0v) is 19.5.